The van der Waals surface area contributed by atoms with E-state index in [9.17, 15) is 14.5 Å². The lowest BCUT2D eigenvalue weighted by Crippen LogP contribution is -2.26. The van der Waals surface area contributed by atoms with Crippen LogP contribution in [-0.2, 0) is 6.54 Å². The molecule has 1 aromatic carbocycles. The van der Waals surface area contributed by atoms with E-state index < -0.39 is 16.4 Å². The van der Waals surface area contributed by atoms with Crippen molar-refractivity contribution in [3.63, 3.8) is 0 Å². The van der Waals surface area contributed by atoms with Gasteiger partial charge in [0.1, 0.15) is 5.69 Å². The molecule has 0 aliphatic rings. The van der Waals surface area contributed by atoms with E-state index in [-0.39, 0.29) is 18.8 Å². The number of thiophene rings is 1. The summed E-state index contributed by atoms with van der Waals surface area (Å²) >= 11 is 1.51. The van der Waals surface area contributed by atoms with Crippen molar-refractivity contribution >= 4 is 22.7 Å². The first kappa shape index (κ1) is 14.4. The van der Waals surface area contributed by atoms with Crippen molar-refractivity contribution in [1.82, 2.24) is 0 Å². The highest BCUT2D eigenvalue weighted by atomic mass is 32.1. The highest BCUT2D eigenvalue weighted by Crippen LogP contribution is 2.31. The van der Waals surface area contributed by atoms with Crippen LogP contribution < -0.4 is 4.90 Å². The van der Waals surface area contributed by atoms with Gasteiger partial charge in [0, 0.05) is 13.1 Å². The molecule has 1 aromatic heterocycles. The predicted octanol–water partition coefficient (Wildman–Crippen LogP) is 2.79. The van der Waals surface area contributed by atoms with Crippen molar-refractivity contribution in [3.05, 3.63) is 56.5 Å². The van der Waals surface area contributed by atoms with E-state index >= 15 is 0 Å². The fourth-order valence-corrected chi connectivity index (χ4v) is 2.61. The van der Waals surface area contributed by atoms with Crippen LogP contribution in [0.5, 0.6) is 0 Å². The van der Waals surface area contributed by atoms with Gasteiger partial charge in [-0.1, -0.05) is 6.07 Å². The lowest BCUT2D eigenvalue weighted by molar-refractivity contribution is -0.386. The Bertz CT molecular complexity index is 589. The number of hydrogen-bond donors (Lipinski definition) is 1. The summed E-state index contributed by atoms with van der Waals surface area (Å²) < 4.78 is 13.7. The van der Waals surface area contributed by atoms with Crippen molar-refractivity contribution in [2.45, 2.75) is 6.54 Å². The van der Waals surface area contributed by atoms with Crippen LogP contribution in [0.15, 0.2) is 35.0 Å². The number of halogens is 1. The first-order valence-corrected chi connectivity index (χ1v) is 6.87. The van der Waals surface area contributed by atoms with Crippen molar-refractivity contribution in [2.24, 2.45) is 0 Å². The summed E-state index contributed by atoms with van der Waals surface area (Å²) in [6, 6.07) is 5.86. The SMILES string of the molecule is O=[N+]([O-])c1c(F)cccc1N(CCO)Cc1ccsc1. The molecule has 0 amide bonds. The molecule has 106 valence electrons. The summed E-state index contributed by atoms with van der Waals surface area (Å²) in [7, 11) is 0. The molecule has 0 unspecified atom stereocenters. The molecule has 0 saturated carbocycles. The number of nitrogens with zero attached hydrogens (tertiary/aromatic N) is 2. The number of para-hydroxylation sites is 1. The number of hydrogen-bond acceptors (Lipinski definition) is 5. The van der Waals surface area contributed by atoms with Crippen molar-refractivity contribution in [1.29, 1.82) is 0 Å². The van der Waals surface area contributed by atoms with Crippen LogP contribution in [0.25, 0.3) is 0 Å². The number of aliphatic hydroxyl groups excluding tert-OH is 1. The van der Waals surface area contributed by atoms with Gasteiger partial charge in [-0.05, 0) is 34.5 Å². The molecule has 1 heterocycles. The second kappa shape index (κ2) is 6.44. The summed E-state index contributed by atoms with van der Waals surface area (Å²) in [5.41, 5.74) is 0.577. The summed E-state index contributed by atoms with van der Waals surface area (Å²) in [6.07, 6.45) is 0. The summed E-state index contributed by atoms with van der Waals surface area (Å²) in [4.78, 5) is 11.9. The lowest BCUT2D eigenvalue weighted by Gasteiger charge is -2.23. The predicted molar refractivity (Wildman–Crippen MR) is 75.5 cm³/mol. The third-order valence-electron chi connectivity index (χ3n) is 2.81. The third-order valence-corrected chi connectivity index (χ3v) is 3.54. The van der Waals surface area contributed by atoms with Gasteiger partial charge in [-0.2, -0.15) is 15.7 Å². The first-order valence-electron chi connectivity index (χ1n) is 5.93. The van der Waals surface area contributed by atoms with Crippen molar-refractivity contribution in [3.8, 4) is 0 Å². The van der Waals surface area contributed by atoms with E-state index in [0.29, 0.717) is 6.54 Å². The zero-order valence-corrected chi connectivity index (χ0v) is 11.3. The van der Waals surface area contributed by atoms with Crippen LogP contribution in [0.4, 0.5) is 15.8 Å². The number of aliphatic hydroxyl groups is 1. The molecule has 2 rings (SSSR count). The highest BCUT2D eigenvalue weighted by molar-refractivity contribution is 7.07. The molecule has 1 N–H and O–H groups in total. The third kappa shape index (κ3) is 3.12. The van der Waals surface area contributed by atoms with E-state index in [1.807, 2.05) is 16.8 Å². The Morgan fingerprint density at radius 3 is 2.80 bits per heavy atom. The van der Waals surface area contributed by atoms with Crippen LogP contribution >= 0.6 is 11.3 Å². The molecule has 0 aliphatic carbocycles. The lowest BCUT2D eigenvalue weighted by atomic mass is 10.2. The molecule has 20 heavy (non-hydrogen) atoms. The maximum Gasteiger partial charge on any atom is 0.327 e. The normalized spacial score (nSPS) is 10.5. The van der Waals surface area contributed by atoms with Crippen LogP contribution in [0.3, 0.4) is 0 Å². The molecule has 0 fully saturated rings. The zero-order chi connectivity index (χ0) is 14.5. The average molecular weight is 296 g/mol. The minimum Gasteiger partial charge on any atom is -0.395 e. The van der Waals surface area contributed by atoms with E-state index in [4.69, 9.17) is 5.11 Å². The van der Waals surface area contributed by atoms with Gasteiger partial charge in [0.25, 0.3) is 0 Å². The number of rotatable bonds is 6. The Kier molecular flexibility index (Phi) is 4.65. The van der Waals surface area contributed by atoms with E-state index in [1.165, 1.54) is 23.5 Å². The van der Waals surface area contributed by atoms with Gasteiger partial charge in [0.2, 0.25) is 5.82 Å². The van der Waals surface area contributed by atoms with Gasteiger partial charge in [-0.25, -0.2) is 0 Å². The zero-order valence-electron chi connectivity index (χ0n) is 10.5. The van der Waals surface area contributed by atoms with Crippen LogP contribution in [0.2, 0.25) is 0 Å². The maximum atomic E-state index is 13.7. The van der Waals surface area contributed by atoms with E-state index in [2.05, 4.69) is 0 Å². The molecule has 0 bridgehead atoms. The molecule has 7 heteroatoms. The molecule has 0 atom stereocenters. The standard InChI is InChI=1S/C13H13FN2O3S/c14-11-2-1-3-12(13(11)16(18)19)15(5-6-17)8-10-4-7-20-9-10/h1-4,7,9,17H,5-6,8H2. The fraction of sp³-hybridized carbons (Fsp3) is 0.231. The van der Waals surface area contributed by atoms with Gasteiger partial charge in [-0.15, -0.1) is 0 Å². The molecule has 0 aliphatic heterocycles. The Morgan fingerprint density at radius 2 is 2.20 bits per heavy atom. The molecule has 0 spiro atoms. The van der Waals surface area contributed by atoms with Crippen LogP contribution in [0.1, 0.15) is 5.56 Å². The molecular weight excluding hydrogens is 283 g/mol. The number of benzene rings is 1. The van der Waals surface area contributed by atoms with E-state index in [0.717, 1.165) is 11.6 Å². The van der Waals surface area contributed by atoms with Crippen molar-refractivity contribution < 1.29 is 14.4 Å². The van der Waals surface area contributed by atoms with Gasteiger partial charge in [0.05, 0.1) is 11.5 Å². The largest absolute Gasteiger partial charge is 0.395 e. The summed E-state index contributed by atoms with van der Waals surface area (Å²) in [5, 5.41) is 24.0. The van der Waals surface area contributed by atoms with Crippen LogP contribution in [-0.4, -0.2) is 23.2 Å². The van der Waals surface area contributed by atoms with Crippen LogP contribution in [0, 0.1) is 15.9 Å². The minimum atomic E-state index is -0.874. The second-order valence-electron chi connectivity index (χ2n) is 4.14. The fourth-order valence-electron chi connectivity index (χ4n) is 1.95. The molecule has 0 saturated heterocycles. The number of nitro groups is 1. The van der Waals surface area contributed by atoms with Gasteiger partial charge in [-0.3, -0.25) is 10.1 Å². The van der Waals surface area contributed by atoms with Gasteiger partial charge < -0.3 is 10.0 Å². The quantitative estimate of drug-likeness (QED) is 0.657. The Morgan fingerprint density at radius 1 is 1.40 bits per heavy atom. The van der Waals surface area contributed by atoms with Gasteiger partial charge >= 0.3 is 5.69 Å². The number of anilines is 1. The minimum absolute atomic E-state index is 0.169. The molecule has 2 aromatic rings. The maximum absolute atomic E-state index is 13.7. The van der Waals surface area contributed by atoms with Crippen molar-refractivity contribution in [2.75, 3.05) is 18.1 Å². The average Bonchev–Trinajstić information content (AvgIpc) is 2.90. The molecule has 5 nitrogen and oxygen atoms in total. The Hall–Kier alpha value is -1.99. The monoisotopic (exact) mass is 296 g/mol. The Balaban J connectivity index is 2.38. The second-order valence-corrected chi connectivity index (χ2v) is 4.92. The smallest absolute Gasteiger partial charge is 0.327 e. The first-order chi connectivity index (χ1) is 9.63. The van der Waals surface area contributed by atoms with E-state index in [1.54, 1.807) is 4.90 Å². The summed E-state index contributed by atoms with van der Waals surface area (Å²) in [5.74, 6) is -0.874. The Labute approximate surface area is 119 Å². The highest BCUT2D eigenvalue weighted by Gasteiger charge is 2.24. The summed E-state index contributed by atoms with van der Waals surface area (Å²) in [6.45, 7) is 0.409. The molecule has 0 radical (unpaired) electrons. The topological polar surface area (TPSA) is 66.6 Å². The number of nitro benzene ring substituents is 1. The van der Waals surface area contributed by atoms with Gasteiger partial charge in [0.15, 0.2) is 0 Å². The molecular formula is C13H13FN2O3S.